The Bertz CT molecular complexity index is 978. The lowest BCUT2D eigenvalue weighted by molar-refractivity contribution is 0.0488. The van der Waals surface area contributed by atoms with Crippen LogP contribution in [-0.2, 0) is 4.74 Å². The third kappa shape index (κ3) is 6.94. The standard InChI is InChI=1S/C22H29IN6O3/c1-22(2,3)32-21(31)28-17-10-5-4-9-16(17)27-20-25-12-15(18(24)30)19(29-20)26-14-8-6-7-13(23)11-14/h6-8,11-12,16-17H,4-5,9-10H2,1-3H3,(H2,24,30)(H,28,31)(H2,25,26,27,29). The molecule has 32 heavy (non-hydrogen) atoms. The van der Waals surface area contributed by atoms with Crippen LogP contribution in [0.5, 0.6) is 0 Å². The van der Waals surface area contributed by atoms with Gasteiger partial charge in [-0.25, -0.2) is 9.78 Å². The summed E-state index contributed by atoms with van der Waals surface area (Å²) in [5, 5.41) is 9.44. The van der Waals surface area contributed by atoms with Gasteiger partial charge in [0.05, 0.1) is 6.04 Å². The molecule has 1 fully saturated rings. The van der Waals surface area contributed by atoms with Crippen molar-refractivity contribution in [2.24, 2.45) is 5.73 Å². The highest BCUT2D eigenvalue weighted by molar-refractivity contribution is 14.1. The smallest absolute Gasteiger partial charge is 0.407 e. The molecule has 1 aromatic heterocycles. The number of primary amides is 1. The topological polar surface area (TPSA) is 131 Å². The number of nitrogens with two attached hydrogens (primary N) is 1. The number of benzene rings is 1. The summed E-state index contributed by atoms with van der Waals surface area (Å²) in [5.74, 6) is 0.0577. The number of ether oxygens (including phenoxy) is 1. The second-order valence-corrected chi connectivity index (χ2v) is 9.99. The van der Waals surface area contributed by atoms with Gasteiger partial charge in [0.1, 0.15) is 17.0 Å². The average molecular weight is 552 g/mol. The van der Waals surface area contributed by atoms with E-state index >= 15 is 0 Å². The number of nitrogens with one attached hydrogen (secondary N) is 3. The molecule has 1 aromatic carbocycles. The first kappa shape index (κ1) is 24.0. The number of alkyl carbamates (subject to hydrolysis) is 1. The van der Waals surface area contributed by atoms with Crippen molar-refractivity contribution in [3.05, 3.63) is 39.6 Å². The monoisotopic (exact) mass is 552 g/mol. The van der Waals surface area contributed by atoms with Gasteiger partial charge in [-0.15, -0.1) is 0 Å². The Morgan fingerprint density at radius 1 is 1.19 bits per heavy atom. The fraction of sp³-hybridized carbons (Fsp3) is 0.455. The largest absolute Gasteiger partial charge is 0.444 e. The molecule has 2 atom stereocenters. The molecule has 9 nitrogen and oxygen atoms in total. The van der Waals surface area contributed by atoms with Crippen molar-refractivity contribution in [1.29, 1.82) is 0 Å². The van der Waals surface area contributed by atoms with Crippen LogP contribution in [0.4, 0.5) is 22.2 Å². The van der Waals surface area contributed by atoms with Crippen molar-refractivity contribution in [2.75, 3.05) is 10.6 Å². The van der Waals surface area contributed by atoms with Gasteiger partial charge in [0.2, 0.25) is 5.95 Å². The minimum atomic E-state index is -0.619. The number of nitrogens with zero attached hydrogens (tertiary/aromatic N) is 2. The molecule has 3 rings (SSSR count). The number of halogens is 1. The normalized spacial score (nSPS) is 18.5. The lowest BCUT2D eigenvalue weighted by Gasteiger charge is -2.33. The van der Waals surface area contributed by atoms with Gasteiger partial charge in [-0.05, 0) is 74.4 Å². The fourth-order valence-electron chi connectivity index (χ4n) is 3.53. The van der Waals surface area contributed by atoms with Crippen LogP contribution >= 0.6 is 22.6 Å². The maximum atomic E-state index is 12.3. The Labute approximate surface area is 201 Å². The zero-order valence-corrected chi connectivity index (χ0v) is 20.6. The molecule has 2 aromatic rings. The van der Waals surface area contributed by atoms with Crippen LogP contribution in [0.25, 0.3) is 0 Å². The van der Waals surface area contributed by atoms with Crippen LogP contribution in [0, 0.1) is 3.57 Å². The van der Waals surface area contributed by atoms with Crippen LogP contribution in [0.2, 0.25) is 0 Å². The Balaban J connectivity index is 1.77. The van der Waals surface area contributed by atoms with Gasteiger partial charge < -0.3 is 26.4 Å². The second kappa shape index (κ2) is 10.3. The summed E-state index contributed by atoms with van der Waals surface area (Å²) in [6, 6.07) is 7.50. The molecule has 10 heteroatoms. The van der Waals surface area contributed by atoms with Gasteiger partial charge in [0.15, 0.2) is 0 Å². The quantitative estimate of drug-likeness (QED) is 0.396. The molecule has 0 radical (unpaired) electrons. The Hall–Kier alpha value is -2.63. The SMILES string of the molecule is CC(C)(C)OC(=O)NC1CCCCC1Nc1ncc(C(N)=O)c(Nc2cccc(I)c2)n1. The Morgan fingerprint density at radius 3 is 2.56 bits per heavy atom. The van der Waals surface area contributed by atoms with Crippen LogP contribution < -0.4 is 21.7 Å². The predicted octanol–water partition coefficient (Wildman–Crippen LogP) is 4.17. The number of amides is 2. The van der Waals surface area contributed by atoms with Crippen molar-refractivity contribution < 1.29 is 14.3 Å². The van der Waals surface area contributed by atoms with E-state index < -0.39 is 17.6 Å². The first-order valence-corrected chi connectivity index (χ1v) is 11.6. The van der Waals surface area contributed by atoms with Crippen molar-refractivity contribution in [3.8, 4) is 0 Å². The zero-order valence-electron chi connectivity index (χ0n) is 18.4. The summed E-state index contributed by atoms with van der Waals surface area (Å²) in [4.78, 5) is 32.9. The molecule has 172 valence electrons. The van der Waals surface area contributed by atoms with Crippen LogP contribution in [-0.4, -0.2) is 39.7 Å². The summed E-state index contributed by atoms with van der Waals surface area (Å²) in [6.45, 7) is 5.50. The highest BCUT2D eigenvalue weighted by atomic mass is 127. The highest BCUT2D eigenvalue weighted by Gasteiger charge is 2.29. The molecule has 1 aliphatic rings. The van der Waals surface area contributed by atoms with Crippen molar-refractivity contribution >= 4 is 52.0 Å². The third-order valence-corrected chi connectivity index (χ3v) is 5.60. The van der Waals surface area contributed by atoms with E-state index in [1.54, 1.807) is 0 Å². The number of anilines is 3. The summed E-state index contributed by atoms with van der Waals surface area (Å²) in [6.07, 6.45) is 4.68. The van der Waals surface area contributed by atoms with Gasteiger partial charge in [-0.2, -0.15) is 4.98 Å². The number of hydrogen-bond donors (Lipinski definition) is 4. The summed E-state index contributed by atoms with van der Waals surface area (Å²) >= 11 is 2.21. The molecule has 0 saturated heterocycles. The lowest BCUT2D eigenvalue weighted by atomic mass is 9.90. The molecule has 0 aliphatic heterocycles. The number of hydrogen-bond acceptors (Lipinski definition) is 7. The van der Waals surface area contributed by atoms with Crippen LogP contribution in [0.15, 0.2) is 30.5 Å². The first-order valence-electron chi connectivity index (χ1n) is 10.6. The molecule has 5 N–H and O–H groups in total. The van der Waals surface area contributed by atoms with E-state index in [-0.39, 0.29) is 17.6 Å². The summed E-state index contributed by atoms with van der Waals surface area (Å²) in [7, 11) is 0. The van der Waals surface area contributed by atoms with Crippen molar-refractivity contribution in [1.82, 2.24) is 15.3 Å². The third-order valence-electron chi connectivity index (χ3n) is 4.92. The van der Waals surface area contributed by atoms with E-state index in [9.17, 15) is 9.59 Å². The maximum Gasteiger partial charge on any atom is 0.407 e. The molecule has 1 aliphatic carbocycles. The average Bonchev–Trinajstić information content (AvgIpc) is 2.68. The first-order chi connectivity index (χ1) is 15.1. The number of rotatable bonds is 6. The number of carbonyl (C=O) groups is 2. The molecule has 1 saturated carbocycles. The Morgan fingerprint density at radius 2 is 1.91 bits per heavy atom. The maximum absolute atomic E-state index is 12.3. The van der Waals surface area contributed by atoms with E-state index in [0.29, 0.717) is 11.8 Å². The fourth-order valence-corrected chi connectivity index (χ4v) is 4.07. The van der Waals surface area contributed by atoms with E-state index in [1.807, 2.05) is 45.0 Å². The zero-order chi connectivity index (χ0) is 23.3. The second-order valence-electron chi connectivity index (χ2n) is 8.74. The number of aromatic nitrogens is 2. The molecule has 2 unspecified atom stereocenters. The van der Waals surface area contributed by atoms with Crippen molar-refractivity contribution in [2.45, 2.75) is 64.1 Å². The molecule has 0 spiro atoms. The highest BCUT2D eigenvalue weighted by Crippen LogP contribution is 2.25. The van der Waals surface area contributed by atoms with Gasteiger partial charge in [0.25, 0.3) is 5.91 Å². The van der Waals surface area contributed by atoms with E-state index in [4.69, 9.17) is 10.5 Å². The lowest BCUT2D eigenvalue weighted by Crippen LogP contribution is -2.50. The minimum Gasteiger partial charge on any atom is -0.444 e. The van der Waals surface area contributed by atoms with E-state index in [0.717, 1.165) is 34.9 Å². The van der Waals surface area contributed by atoms with E-state index in [2.05, 4.69) is 48.5 Å². The molecular formula is C22H29IN6O3. The van der Waals surface area contributed by atoms with Gasteiger partial charge in [-0.3, -0.25) is 4.79 Å². The van der Waals surface area contributed by atoms with Crippen molar-refractivity contribution in [3.63, 3.8) is 0 Å². The Kier molecular flexibility index (Phi) is 7.75. The van der Waals surface area contributed by atoms with Crippen LogP contribution in [0.3, 0.4) is 0 Å². The van der Waals surface area contributed by atoms with Crippen LogP contribution in [0.1, 0.15) is 56.8 Å². The van der Waals surface area contributed by atoms with Gasteiger partial charge >= 0.3 is 6.09 Å². The van der Waals surface area contributed by atoms with E-state index in [1.165, 1.54) is 6.20 Å². The predicted molar refractivity (Wildman–Crippen MR) is 132 cm³/mol. The molecule has 1 heterocycles. The van der Waals surface area contributed by atoms with Gasteiger partial charge in [-0.1, -0.05) is 18.9 Å². The molecule has 0 bridgehead atoms. The minimum absolute atomic E-state index is 0.0683. The number of carbonyl (C=O) groups excluding carboxylic acids is 2. The molecular weight excluding hydrogens is 523 g/mol. The summed E-state index contributed by atoms with van der Waals surface area (Å²) in [5.41, 5.74) is 5.93. The summed E-state index contributed by atoms with van der Waals surface area (Å²) < 4.78 is 6.45. The van der Waals surface area contributed by atoms with Gasteiger partial charge in [0, 0.05) is 21.5 Å². The molecule has 2 amide bonds.